The van der Waals surface area contributed by atoms with Gasteiger partial charge in [0.25, 0.3) is 0 Å². The van der Waals surface area contributed by atoms with E-state index in [1.54, 1.807) is 0 Å². The Morgan fingerprint density at radius 2 is 1.70 bits per heavy atom. The summed E-state index contributed by atoms with van der Waals surface area (Å²) in [5.41, 5.74) is 5.53. The van der Waals surface area contributed by atoms with Gasteiger partial charge < -0.3 is 20.3 Å². The molecule has 2 heterocycles. The Morgan fingerprint density at radius 1 is 1.15 bits per heavy atom. The Kier molecular flexibility index (Phi) is 9.02. The summed E-state index contributed by atoms with van der Waals surface area (Å²) in [4.78, 5) is 17.1. The fourth-order valence-corrected chi connectivity index (χ4v) is 2.87. The van der Waals surface area contributed by atoms with E-state index in [9.17, 15) is 4.79 Å². The van der Waals surface area contributed by atoms with E-state index in [0.29, 0.717) is 19.8 Å². The third-order valence-electron chi connectivity index (χ3n) is 4.40. The zero-order valence-electron chi connectivity index (χ0n) is 12.2. The first-order valence-corrected chi connectivity index (χ1v) is 7.01. The number of nitrogens with two attached hydrogens (primary N) is 1. The molecule has 5 nitrogen and oxygen atoms in total. The summed E-state index contributed by atoms with van der Waals surface area (Å²) in [5.74, 6) is 0.254. The van der Waals surface area contributed by atoms with Crippen molar-refractivity contribution in [1.29, 1.82) is 0 Å². The van der Waals surface area contributed by atoms with E-state index >= 15 is 0 Å². The molecule has 0 aromatic rings. The van der Waals surface area contributed by atoms with Crippen LogP contribution in [0.2, 0.25) is 0 Å². The van der Waals surface area contributed by atoms with Gasteiger partial charge in [-0.2, -0.15) is 0 Å². The number of rotatable bonds is 3. The molecule has 0 aromatic carbocycles. The summed E-state index contributed by atoms with van der Waals surface area (Å²) in [6.07, 6.45) is 1.55. The Bertz CT molecular complexity index is 291. The van der Waals surface area contributed by atoms with Gasteiger partial charge in [-0.15, -0.1) is 24.8 Å². The summed E-state index contributed by atoms with van der Waals surface area (Å²) < 4.78 is 5.36. The zero-order chi connectivity index (χ0) is 13.0. The Labute approximate surface area is 134 Å². The first kappa shape index (κ1) is 19.9. The van der Waals surface area contributed by atoms with E-state index in [1.165, 1.54) is 0 Å². The molecule has 7 heteroatoms. The number of carbonyl (C=O) groups is 1. The summed E-state index contributed by atoms with van der Waals surface area (Å²) in [6, 6.07) is 0. The summed E-state index contributed by atoms with van der Waals surface area (Å²) >= 11 is 0. The molecule has 2 fully saturated rings. The van der Waals surface area contributed by atoms with Crippen molar-refractivity contribution < 1.29 is 9.53 Å². The molecule has 0 bridgehead atoms. The lowest BCUT2D eigenvalue weighted by Crippen LogP contribution is -2.56. The highest BCUT2D eigenvalue weighted by atomic mass is 35.5. The first-order valence-electron chi connectivity index (χ1n) is 7.01. The summed E-state index contributed by atoms with van der Waals surface area (Å²) in [6.45, 7) is 8.66. The summed E-state index contributed by atoms with van der Waals surface area (Å²) in [5, 5.41) is 0. The van der Waals surface area contributed by atoms with Crippen molar-refractivity contribution in [3.05, 3.63) is 0 Å². The van der Waals surface area contributed by atoms with Gasteiger partial charge in [0.05, 0.1) is 5.41 Å². The monoisotopic (exact) mass is 327 g/mol. The fraction of sp³-hybridized carbons (Fsp3) is 0.923. The molecule has 0 atom stereocenters. The number of ether oxygens (including phenoxy) is 1. The van der Waals surface area contributed by atoms with E-state index < -0.39 is 0 Å². The van der Waals surface area contributed by atoms with E-state index in [1.807, 2.05) is 4.90 Å². The van der Waals surface area contributed by atoms with Crippen LogP contribution in [0.3, 0.4) is 0 Å². The first-order chi connectivity index (χ1) is 8.72. The average Bonchev–Trinajstić information content (AvgIpc) is 2.47. The van der Waals surface area contributed by atoms with Crippen LogP contribution >= 0.6 is 24.8 Å². The Hall–Kier alpha value is -0.0700. The van der Waals surface area contributed by atoms with Crippen molar-refractivity contribution in [2.45, 2.75) is 19.8 Å². The van der Waals surface area contributed by atoms with Crippen LogP contribution in [0.15, 0.2) is 0 Å². The molecule has 0 unspecified atom stereocenters. The molecule has 0 radical (unpaired) electrons. The predicted octanol–water partition coefficient (Wildman–Crippen LogP) is 0.750. The minimum Gasteiger partial charge on any atom is -0.381 e. The van der Waals surface area contributed by atoms with Gasteiger partial charge in [-0.05, 0) is 19.4 Å². The van der Waals surface area contributed by atoms with Gasteiger partial charge in [0.15, 0.2) is 0 Å². The second kappa shape index (κ2) is 9.05. The molecule has 20 heavy (non-hydrogen) atoms. The number of amides is 1. The minimum atomic E-state index is -0.355. The van der Waals surface area contributed by atoms with Crippen LogP contribution in [-0.4, -0.2) is 68.2 Å². The molecule has 2 rings (SSSR count). The highest BCUT2D eigenvalue weighted by molar-refractivity contribution is 5.85. The molecule has 0 aromatic heterocycles. The number of hydrogen-bond acceptors (Lipinski definition) is 4. The zero-order valence-corrected chi connectivity index (χ0v) is 13.8. The van der Waals surface area contributed by atoms with Crippen LogP contribution in [0.4, 0.5) is 0 Å². The highest BCUT2D eigenvalue weighted by Gasteiger charge is 2.41. The van der Waals surface area contributed by atoms with E-state index in [-0.39, 0.29) is 36.1 Å². The second-order valence-corrected chi connectivity index (χ2v) is 5.32. The Morgan fingerprint density at radius 3 is 2.15 bits per heavy atom. The SMILES string of the molecule is CCN1CCN(C(=O)C2(CN)CCOCC2)CC1.Cl.Cl. The molecule has 2 aliphatic heterocycles. The third-order valence-corrected chi connectivity index (χ3v) is 4.40. The number of carbonyl (C=O) groups excluding carboxylic acids is 1. The van der Waals surface area contributed by atoms with E-state index in [0.717, 1.165) is 45.6 Å². The number of nitrogens with zero attached hydrogens (tertiary/aromatic N) is 2. The lowest BCUT2D eigenvalue weighted by Gasteiger charge is -2.42. The molecule has 0 spiro atoms. The van der Waals surface area contributed by atoms with E-state index in [2.05, 4.69) is 11.8 Å². The predicted molar refractivity (Wildman–Crippen MR) is 84.7 cm³/mol. The lowest BCUT2D eigenvalue weighted by atomic mass is 9.78. The van der Waals surface area contributed by atoms with Crippen LogP contribution in [0, 0.1) is 5.41 Å². The third kappa shape index (κ3) is 4.21. The molecule has 2 saturated heterocycles. The maximum atomic E-state index is 12.7. The van der Waals surface area contributed by atoms with Crippen molar-refractivity contribution in [1.82, 2.24) is 9.80 Å². The van der Waals surface area contributed by atoms with Gasteiger partial charge >= 0.3 is 0 Å². The largest absolute Gasteiger partial charge is 0.381 e. The van der Waals surface area contributed by atoms with Crippen molar-refractivity contribution >= 4 is 30.7 Å². The number of hydrogen-bond donors (Lipinski definition) is 1. The second-order valence-electron chi connectivity index (χ2n) is 5.32. The molecular weight excluding hydrogens is 301 g/mol. The van der Waals surface area contributed by atoms with Crippen molar-refractivity contribution in [3.63, 3.8) is 0 Å². The molecule has 0 saturated carbocycles. The number of halogens is 2. The van der Waals surface area contributed by atoms with Gasteiger partial charge in [-0.3, -0.25) is 4.79 Å². The maximum absolute atomic E-state index is 12.7. The number of likely N-dealkylation sites (N-methyl/N-ethyl adjacent to an activating group) is 1. The van der Waals surface area contributed by atoms with Crippen molar-refractivity contribution in [2.75, 3.05) is 52.5 Å². The van der Waals surface area contributed by atoms with Crippen LogP contribution in [0.1, 0.15) is 19.8 Å². The minimum absolute atomic E-state index is 0. The van der Waals surface area contributed by atoms with Gasteiger partial charge in [-0.1, -0.05) is 6.92 Å². The maximum Gasteiger partial charge on any atom is 0.230 e. The molecular formula is C13H27Cl2N3O2. The summed E-state index contributed by atoms with van der Waals surface area (Å²) in [7, 11) is 0. The molecule has 120 valence electrons. The average molecular weight is 328 g/mol. The normalized spacial score (nSPS) is 22.6. The van der Waals surface area contributed by atoms with Crippen molar-refractivity contribution in [2.24, 2.45) is 11.1 Å². The van der Waals surface area contributed by atoms with E-state index in [4.69, 9.17) is 10.5 Å². The number of piperazine rings is 1. The van der Waals surface area contributed by atoms with Gasteiger partial charge in [0.1, 0.15) is 0 Å². The Balaban J connectivity index is 0.00000180. The van der Waals surface area contributed by atoms with Crippen LogP contribution in [0.25, 0.3) is 0 Å². The molecule has 1 amide bonds. The lowest BCUT2D eigenvalue weighted by molar-refractivity contribution is -0.149. The van der Waals surface area contributed by atoms with Gasteiger partial charge in [0, 0.05) is 45.9 Å². The van der Waals surface area contributed by atoms with Crippen LogP contribution in [0.5, 0.6) is 0 Å². The van der Waals surface area contributed by atoms with Gasteiger partial charge in [0.2, 0.25) is 5.91 Å². The molecule has 0 aliphatic carbocycles. The molecule has 2 aliphatic rings. The fourth-order valence-electron chi connectivity index (χ4n) is 2.87. The smallest absolute Gasteiger partial charge is 0.230 e. The topological polar surface area (TPSA) is 58.8 Å². The standard InChI is InChI=1S/C13H25N3O2.2ClH/c1-2-15-5-7-16(8-6-15)12(17)13(11-14)3-9-18-10-4-13;;/h2-11,14H2,1H3;2*1H. The molecule has 2 N–H and O–H groups in total. The quantitative estimate of drug-likeness (QED) is 0.831. The van der Waals surface area contributed by atoms with Crippen LogP contribution in [-0.2, 0) is 9.53 Å². The van der Waals surface area contributed by atoms with Gasteiger partial charge in [-0.25, -0.2) is 0 Å². The van der Waals surface area contributed by atoms with Crippen LogP contribution < -0.4 is 5.73 Å². The van der Waals surface area contributed by atoms with Crippen molar-refractivity contribution in [3.8, 4) is 0 Å². The highest BCUT2D eigenvalue weighted by Crippen LogP contribution is 2.31.